The van der Waals surface area contributed by atoms with Gasteiger partial charge in [0.05, 0.1) is 18.6 Å². The molecular weight excluding hydrogens is 538 g/mol. The topological polar surface area (TPSA) is 79.4 Å². The number of rotatable bonds is 7. The first-order valence-corrected chi connectivity index (χ1v) is 16.8. The zero-order valence-corrected chi connectivity index (χ0v) is 25.2. The van der Waals surface area contributed by atoms with Crippen molar-refractivity contribution in [1.29, 1.82) is 0 Å². The Labute approximate surface area is 244 Å². The molecule has 2 unspecified atom stereocenters. The predicted octanol–water partition coefficient (Wildman–Crippen LogP) is 5.48. The number of amides is 1. The van der Waals surface area contributed by atoms with E-state index in [4.69, 9.17) is 9.47 Å². The maximum Gasteiger partial charge on any atom is 0.410 e. The second-order valence-corrected chi connectivity index (χ2v) is 14.0. The first-order chi connectivity index (χ1) is 19.9. The number of sulfonamides is 1. The predicted molar refractivity (Wildman–Crippen MR) is 159 cm³/mol. The summed E-state index contributed by atoms with van der Waals surface area (Å²) in [7, 11) is -1.68. The minimum Gasteiger partial charge on any atom is -0.496 e. The number of carbonyl (C=O) groups is 1. The smallest absolute Gasteiger partial charge is 0.410 e. The highest BCUT2D eigenvalue weighted by Gasteiger charge is 2.45. The highest BCUT2D eigenvalue weighted by Crippen LogP contribution is 2.42. The van der Waals surface area contributed by atoms with Crippen LogP contribution in [-0.2, 0) is 14.8 Å². The van der Waals surface area contributed by atoms with Crippen molar-refractivity contribution in [2.75, 3.05) is 39.9 Å². The second kappa shape index (κ2) is 11.9. The molecule has 0 saturated carbocycles. The molecule has 2 aromatic rings. The average molecular weight is 582 g/mol. The van der Waals surface area contributed by atoms with Gasteiger partial charge in [-0.3, -0.25) is 0 Å². The third-order valence-corrected chi connectivity index (χ3v) is 11.7. The van der Waals surface area contributed by atoms with Crippen molar-refractivity contribution in [1.82, 2.24) is 14.1 Å². The minimum absolute atomic E-state index is 0.132. The van der Waals surface area contributed by atoms with Gasteiger partial charge in [0.1, 0.15) is 5.75 Å². The summed E-state index contributed by atoms with van der Waals surface area (Å²) >= 11 is 0. The normalized spacial score (nSPS) is 25.9. The molecule has 2 atom stereocenters. The molecule has 4 fully saturated rings. The van der Waals surface area contributed by atoms with Crippen molar-refractivity contribution in [3.05, 3.63) is 48.0 Å². The summed E-state index contributed by atoms with van der Waals surface area (Å²) < 4.78 is 38.7. The molecule has 0 spiro atoms. The molecule has 0 aliphatic carbocycles. The highest BCUT2D eigenvalue weighted by atomic mass is 32.2. The van der Waals surface area contributed by atoms with Crippen molar-refractivity contribution in [2.45, 2.75) is 87.2 Å². The minimum atomic E-state index is -3.42. The van der Waals surface area contributed by atoms with E-state index in [1.807, 2.05) is 24.0 Å². The Morgan fingerprint density at radius 1 is 0.854 bits per heavy atom. The van der Waals surface area contributed by atoms with Gasteiger partial charge in [0.15, 0.2) is 0 Å². The van der Waals surface area contributed by atoms with Crippen LogP contribution < -0.4 is 4.74 Å². The summed E-state index contributed by atoms with van der Waals surface area (Å²) in [6.07, 6.45) is 8.13. The molecule has 2 aromatic carbocycles. The Hall–Kier alpha value is -2.62. The lowest BCUT2D eigenvalue weighted by Crippen LogP contribution is -2.53. The van der Waals surface area contributed by atoms with Gasteiger partial charge in [0.25, 0.3) is 0 Å². The van der Waals surface area contributed by atoms with E-state index in [0.29, 0.717) is 48.6 Å². The maximum atomic E-state index is 13.0. The van der Waals surface area contributed by atoms with Crippen LogP contribution in [0.5, 0.6) is 5.75 Å². The molecular formula is C32H43N3O5S. The maximum absolute atomic E-state index is 13.0. The average Bonchev–Trinajstić information content (AvgIpc) is 3.64. The number of carbonyl (C=O) groups excluding carboxylic acids is 1. The number of piperidine rings is 2. The van der Waals surface area contributed by atoms with Gasteiger partial charge in [-0.1, -0.05) is 18.2 Å². The van der Waals surface area contributed by atoms with Gasteiger partial charge in [-0.2, -0.15) is 4.31 Å². The van der Waals surface area contributed by atoms with Crippen LogP contribution in [0.1, 0.15) is 69.8 Å². The van der Waals surface area contributed by atoms with Crippen LogP contribution in [0.2, 0.25) is 0 Å². The standard InChI is InChI=1S/C32H43N3O5S/c1-3-40-32(36)35-26-9-10-27(35)22-28(21-26)33-18-14-24(15-19-33)30-20-25(8-13-31(30)39-2)23-6-11-29(12-7-23)41(37,38)34-16-4-5-17-34/h6-8,11-13,20,24,26-28H,3-5,9-10,14-19,21-22H2,1-2H3. The van der Waals surface area contributed by atoms with Gasteiger partial charge < -0.3 is 19.3 Å². The summed E-state index contributed by atoms with van der Waals surface area (Å²) in [5.41, 5.74) is 3.32. The Morgan fingerprint density at radius 2 is 1.49 bits per heavy atom. The molecule has 41 heavy (non-hydrogen) atoms. The van der Waals surface area contributed by atoms with Crippen LogP contribution in [0.4, 0.5) is 4.79 Å². The van der Waals surface area contributed by atoms with E-state index < -0.39 is 10.0 Å². The van der Waals surface area contributed by atoms with E-state index in [-0.39, 0.29) is 6.09 Å². The fraction of sp³-hybridized carbons (Fsp3) is 0.594. The molecule has 9 heteroatoms. The van der Waals surface area contributed by atoms with Gasteiger partial charge in [-0.05, 0) is 118 Å². The Kier molecular flexibility index (Phi) is 8.30. The fourth-order valence-electron chi connectivity index (χ4n) is 7.65. The van der Waals surface area contributed by atoms with Crippen molar-refractivity contribution in [3.8, 4) is 16.9 Å². The van der Waals surface area contributed by atoms with Crippen molar-refractivity contribution < 1.29 is 22.7 Å². The fourth-order valence-corrected chi connectivity index (χ4v) is 9.17. The lowest BCUT2D eigenvalue weighted by atomic mass is 9.85. The third kappa shape index (κ3) is 5.60. The number of benzene rings is 2. The molecule has 0 radical (unpaired) electrons. The summed E-state index contributed by atoms with van der Waals surface area (Å²) in [5, 5.41) is 0. The van der Waals surface area contributed by atoms with Crippen LogP contribution >= 0.6 is 0 Å². The zero-order chi connectivity index (χ0) is 28.6. The van der Waals surface area contributed by atoms with Gasteiger partial charge in [-0.25, -0.2) is 13.2 Å². The van der Waals surface area contributed by atoms with Gasteiger partial charge >= 0.3 is 6.09 Å². The number of hydrogen-bond donors (Lipinski definition) is 0. The highest BCUT2D eigenvalue weighted by molar-refractivity contribution is 7.89. The molecule has 6 rings (SSSR count). The SMILES string of the molecule is CCOC(=O)N1C2CCC1CC(N1CCC(c3cc(-c4ccc(S(=O)(=O)N5CCCC5)cc4)ccc3OC)CC1)C2. The number of likely N-dealkylation sites (tertiary alicyclic amines) is 1. The van der Waals surface area contributed by atoms with E-state index >= 15 is 0 Å². The third-order valence-electron chi connectivity index (χ3n) is 9.79. The van der Waals surface area contributed by atoms with Crippen LogP contribution in [-0.4, -0.2) is 86.6 Å². The van der Waals surface area contributed by atoms with E-state index in [9.17, 15) is 13.2 Å². The Morgan fingerprint density at radius 3 is 2.10 bits per heavy atom. The van der Waals surface area contributed by atoms with E-state index in [2.05, 4.69) is 23.1 Å². The molecule has 1 amide bonds. The Bertz CT molecular complexity index is 1320. The zero-order valence-electron chi connectivity index (χ0n) is 24.3. The number of methoxy groups -OCH3 is 1. The van der Waals surface area contributed by atoms with Crippen LogP contribution in [0.3, 0.4) is 0 Å². The number of ether oxygens (including phenoxy) is 2. The molecule has 222 valence electrons. The van der Waals surface area contributed by atoms with E-state index in [0.717, 1.165) is 81.3 Å². The van der Waals surface area contributed by atoms with Gasteiger partial charge in [0, 0.05) is 31.2 Å². The molecule has 4 saturated heterocycles. The monoisotopic (exact) mass is 581 g/mol. The van der Waals surface area contributed by atoms with Crippen LogP contribution in [0.15, 0.2) is 47.4 Å². The molecule has 4 heterocycles. The molecule has 0 aromatic heterocycles. The lowest BCUT2D eigenvalue weighted by molar-refractivity contribution is 0.0340. The van der Waals surface area contributed by atoms with Crippen molar-refractivity contribution in [2.24, 2.45) is 0 Å². The van der Waals surface area contributed by atoms with Gasteiger partial charge in [-0.15, -0.1) is 0 Å². The molecule has 2 bridgehead atoms. The number of nitrogens with zero attached hydrogens (tertiary/aromatic N) is 3. The number of fused-ring (bicyclic) bond motifs is 2. The first-order valence-electron chi connectivity index (χ1n) is 15.4. The number of hydrogen-bond acceptors (Lipinski definition) is 6. The second-order valence-electron chi connectivity index (χ2n) is 12.0. The molecule has 4 aliphatic heterocycles. The molecule has 8 nitrogen and oxygen atoms in total. The van der Waals surface area contributed by atoms with Crippen molar-refractivity contribution >= 4 is 16.1 Å². The summed E-state index contributed by atoms with van der Waals surface area (Å²) in [6, 6.07) is 14.8. The summed E-state index contributed by atoms with van der Waals surface area (Å²) in [5.74, 6) is 1.33. The Balaban J connectivity index is 1.12. The van der Waals surface area contributed by atoms with Gasteiger partial charge in [0.2, 0.25) is 10.0 Å². The first kappa shape index (κ1) is 28.5. The van der Waals surface area contributed by atoms with Crippen LogP contribution in [0, 0.1) is 0 Å². The van der Waals surface area contributed by atoms with E-state index in [1.54, 1.807) is 23.5 Å². The quantitative estimate of drug-likeness (QED) is 0.431. The largest absolute Gasteiger partial charge is 0.496 e. The molecule has 4 aliphatic rings. The summed E-state index contributed by atoms with van der Waals surface area (Å²) in [6.45, 7) is 5.62. The summed E-state index contributed by atoms with van der Waals surface area (Å²) in [4.78, 5) is 17.5. The van der Waals surface area contributed by atoms with Crippen LogP contribution in [0.25, 0.3) is 11.1 Å². The lowest BCUT2D eigenvalue weighted by Gasteiger charge is -2.45. The molecule has 0 N–H and O–H groups in total. The van der Waals surface area contributed by atoms with Crippen molar-refractivity contribution in [3.63, 3.8) is 0 Å². The van der Waals surface area contributed by atoms with E-state index in [1.165, 1.54) is 5.56 Å².